The lowest BCUT2D eigenvalue weighted by Gasteiger charge is -2.30. The summed E-state index contributed by atoms with van der Waals surface area (Å²) in [4.78, 5) is 25.1. The first-order valence-electron chi connectivity index (χ1n) is 10.8. The van der Waals surface area contributed by atoms with E-state index in [4.69, 9.17) is 32.6 Å². The molecule has 3 heterocycles. The van der Waals surface area contributed by atoms with Crippen LogP contribution in [0.2, 0.25) is 10.0 Å². The Morgan fingerprint density at radius 3 is 2.70 bits per heavy atom. The number of aromatic nitrogens is 1. The third-order valence-electron chi connectivity index (χ3n) is 5.68. The number of halogens is 2. The average Bonchev–Trinajstić information content (AvgIpc) is 3.51. The number of rotatable bonds is 4. The van der Waals surface area contributed by atoms with Crippen molar-refractivity contribution in [1.29, 1.82) is 0 Å². The number of aliphatic imine (C=N–C) groups is 1. The van der Waals surface area contributed by atoms with Crippen LogP contribution in [0.4, 0.5) is 5.13 Å². The molecule has 0 atom stereocenters. The minimum absolute atomic E-state index is 0.0218. The molecular formula is C24H21Cl2N3O2S2. The molecule has 5 nitrogen and oxygen atoms in total. The molecule has 0 spiro atoms. The molecule has 2 fully saturated rings. The van der Waals surface area contributed by atoms with Gasteiger partial charge >= 0.3 is 0 Å². The van der Waals surface area contributed by atoms with E-state index in [1.807, 2.05) is 35.4 Å². The van der Waals surface area contributed by atoms with Gasteiger partial charge in [0.15, 0.2) is 5.17 Å². The predicted octanol–water partition coefficient (Wildman–Crippen LogP) is 7.96. The Hall–Kier alpha value is -2.06. The van der Waals surface area contributed by atoms with Gasteiger partial charge in [0.05, 0.1) is 20.6 Å². The molecule has 0 radical (unpaired) electrons. The van der Waals surface area contributed by atoms with Crippen molar-refractivity contribution in [2.24, 2.45) is 4.99 Å². The SMILES string of the molecule is Cc1csc(/N=C2/S/C(=C/c3ccc(-c4ccc(Cl)c(Cl)c4)o3)C(=O)N2C2CCCCC2)n1. The van der Waals surface area contributed by atoms with Crippen molar-refractivity contribution in [3.63, 3.8) is 0 Å². The van der Waals surface area contributed by atoms with Gasteiger partial charge in [-0.3, -0.25) is 9.69 Å². The minimum atomic E-state index is -0.0218. The number of nitrogens with zero attached hydrogens (tertiary/aromatic N) is 3. The highest BCUT2D eigenvalue weighted by Crippen LogP contribution is 2.39. The smallest absolute Gasteiger partial charge is 0.267 e. The maximum absolute atomic E-state index is 13.4. The summed E-state index contributed by atoms with van der Waals surface area (Å²) in [6, 6.07) is 9.24. The highest BCUT2D eigenvalue weighted by molar-refractivity contribution is 8.18. The Morgan fingerprint density at radius 2 is 1.97 bits per heavy atom. The van der Waals surface area contributed by atoms with Crippen molar-refractivity contribution in [3.8, 4) is 11.3 Å². The number of carbonyl (C=O) groups is 1. The predicted molar refractivity (Wildman–Crippen MR) is 137 cm³/mol. The highest BCUT2D eigenvalue weighted by Gasteiger charge is 2.39. The number of carbonyl (C=O) groups excluding carboxylic acids is 1. The Balaban J connectivity index is 1.45. The zero-order valence-electron chi connectivity index (χ0n) is 17.9. The molecule has 5 rings (SSSR count). The van der Waals surface area contributed by atoms with E-state index >= 15 is 0 Å². The van der Waals surface area contributed by atoms with Gasteiger partial charge in [0.2, 0.25) is 5.13 Å². The number of aryl methyl sites for hydroxylation is 1. The number of furan rings is 1. The van der Waals surface area contributed by atoms with Gasteiger partial charge in [0.25, 0.3) is 5.91 Å². The molecule has 3 aromatic rings. The monoisotopic (exact) mass is 517 g/mol. The normalized spacial score (nSPS) is 19.8. The summed E-state index contributed by atoms with van der Waals surface area (Å²) in [5.41, 5.74) is 1.75. The van der Waals surface area contributed by atoms with E-state index in [2.05, 4.69) is 4.98 Å². The second-order valence-electron chi connectivity index (χ2n) is 8.07. The zero-order chi connectivity index (χ0) is 22.9. The summed E-state index contributed by atoms with van der Waals surface area (Å²) in [6.07, 6.45) is 7.27. The Bertz CT molecular complexity index is 1260. The van der Waals surface area contributed by atoms with E-state index in [-0.39, 0.29) is 11.9 Å². The fourth-order valence-electron chi connectivity index (χ4n) is 4.06. The first-order valence-corrected chi connectivity index (χ1v) is 13.2. The molecule has 0 N–H and O–H groups in total. The van der Waals surface area contributed by atoms with Crippen LogP contribution in [-0.4, -0.2) is 27.0 Å². The van der Waals surface area contributed by atoms with Gasteiger partial charge in [-0.1, -0.05) is 42.5 Å². The minimum Gasteiger partial charge on any atom is -0.457 e. The van der Waals surface area contributed by atoms with E-state index in [9.17, 15) is 4.79 Å². The van der Waals surface area contributed by atoms with Gasteiger partial charge in [-0.15, -0.1) is 11.3 Å². The molecule has 1 aromatic carbocycles. The number of amides is 1. The third-order valence-corrected chi connectivity index (χ3v) is 8.25. The van der Waals surface area contributed by atoms with E-state index < -0.39 is 0 Å². The van der Waals surface area contributed by atoms with Crippen molar-refractivity contribution in [1.82, 2.24) is 9.88 Å². The largest absolute Gasteiger partial charge is 0.457 e. The summed E-state index contributed by atoms with van der Waals surface area (Å²) in [5, 5.41) is 4.30. The van der Waals surface area contributed by atoms with Gasteiger partial charge in [0.1, 0.15) is 11.5 Å². The van der Waals surface area contributed by atoms with E-state index in [0.29, 0.717) is 36.8 Å². The molecule has 1 aliphatic carbocycles. The van der Waals surface area contributed by atoms with E-state index in [1.54, 1.807) is 18.2 Å². The number of hydrogen-bond donors (Lipinski definition) is 0. The van der Waals surface area contributed by atoms with Crippen LogP contribution in [0.25, 0.3) is 17.4 Å². The van der Waals surface area contributed by atoms with Crippen molar-refractivity contribution >= 4 is 68.6 Å². The van der Waals surface area contributed by atoms with Crippen molar-refractivity contribution in [2.75, 3.05) is 0 Å². The van der Waals surface area contributed by atoms with Gasteiger partial charge in [-0.05, 0) is 61.9 Å². The van der Waals surface area contributed by atoms with Crippen LogP contribution in [0.1, 0.15) is 43.6 Å². The number of thiazole rings is 1. The van der Waals surface area contributed by atoms with Crippen molar-refractivity contribution in [3.05, 3.63) is 62.1 Å². The fourth-order valence-corrected chi connectivity index (χ4v) is 6.11. The Morgan fingerprint density at radius 1 is 1.15 bits per heavy atom. The van der Waals surface area contributed by atoms with Crippen LogP contribution in [0, 0.1) is 6.92 Å². The fraction of sp³-hybridized carbons (Fsp3) is 0.292. The first-order chi connectivity index (χ1) is 16.0. The maximum Gasteiger partial charge on any atom is 0.267 e. The number of benzene rings is 1. The summed E-state index contributed by atoms with van der Waals surface area (Å²) < 4.78 is 6.00. The quantitative estimate of drug-likeness (QED) is 0.329. The lowest BCUT2D eigenvalue weighted by Crippen LogP contribution is -2.40. The van der Waals surface area contributed by atoms with Crippen LogP contribution in [-0.2, 0) is 4.79 Å². The lowest BCUT2D eigenvalue weighted by atomic mass is 9.94. The number of thioether (sulfide) groups is 1. The van der Waals surface area contributed by atoms with E-state index in [0.717, 1.165) is 36.9 Å². The molecule has 1 saturated heterocycles. The second-order valence-corrected chi connectivity index (χ2v) is 10.7. The average molecular weight is 518 g/mol. The van der Waals surface area contributed by atoms with Gasteiger partial charge in [0, 0.05) is 23.1 Å². The third kappa shape index (κ3) is 4.92. The van der Waals surface area contributed by atoms with Gasteiger partial charge in [-0.25, -0.2) is 4.98 Å². The molecule has 0 bridgehead atoms. The lowest BCUT2D eigenvalue weighted by molar-refractivity contribution is -0.124. The molecular weight excluding hydrogens is 497 g/mol. The molecule has 170 valence electrons. The standard InChI is InChI=1S/C24H21Cl2N3O2S2/c1-14-13-32-23(27-14)28-24-29(16-5-3-2-4-6-16)22(30)21(33-24)12-17-8-10-20(31-17)15-7-9-18(25)19(26)11-15/h7-13,16H,2-6H2,1H3/b21-12+,28-24+. The molecule has 1 amide bonds. The van der Waals surface area contributed by atoms with Crippen LogP contribution >= 0.6 is 46.3 Å². The summed E-state index contributed by atoms with van der Waals surface area (Å²) in [6.45, 7) is 1.94. The molecule has 2 aliphatic rings. The molecule has 33 heavy (non-hydrogen) atoms. The molecule has 0 unspecified atom stereocenters. The van der Waals surface area contributed by atoms with Crippen molar-refractivity contribution < 1.29 is 9.21 Å². The summed E-state index contributed by atoms with van der Waals surface area (Å²) in [7, 11) is 0. The molecule has 1 saturated carbocycles. The summed E-state index contributed by atoms with van der Waals surface area (Å²) >= 11 is 15.0. The van der Waals surface area contributed by atoms with Crippen LogP contribution < -0.4 is 0 Å². The Labute approximate surface area is 210 Å². The van der Waals surface area contributed by atoms with Crippen LogP contribution in [0.15, 0.2) is 50.0 Å². The maximum atomic E-state index is 13.4. The second kappa shape index (κ2) is 9.66. The first kappa shape index (κ1) is 22.7. The summed E-state index contributed by atoms with van der Waals surface area (Å²) in [5.74, 6) is 1.24. The topological polar surface area (TPSA) is 58.7 Å². The zero-order valence-corrected chi connectivity index (χ0v) is 21.0. The van der Waals surface area contributed by atoms with Crippen molar-refractivity contribution in [2.45, 2.75) is 45.1 Å². The van der Waals surface area contributed by atoms with E-state index in [1.165, 1.54) is 29.5 Å². The highest BCUT2D eigenvalue weighted by atomic mass is 35.5. The molecule has 1 aliphatic heterocycles. The number of hydrogen-bond acceptors (Lipinski definition) is 6. The van der Waals surface area contributed by atoms with Crippen LogP contribution in [0.3, 0.4) is 0 Å². The van der Waals surface area contributed by atoms with Gasteiger partial charge in [-0.2, -0.15) is 4.99 Å². The Kier molecular flexibility index (Phi) is 6.65. The molecule has 9 heteroatoms. The number of amidine groups is 1. The van der Waals surface area contributed by atoms with Gasteiger partial charge < -0.3 is 4.42 Å². The van der Waals surface area contributed by atoms with Crippen LogP contribution in [0.5, 0.6) is 0 Å². The molecule has 2 aromatic heterocycles.